The van der Waals surface area contributed by atoms with Gasteiger partial charge in [0.25, 0.3) is 0 Å². The SMILES string of the molecule is COCc1ccccc1NC(N)=NCc1cccnc1OC1CCCC1.I. The van der Waals surface area contributed by atoms with Crippen LogP contribution < -0.4 is 15.8 Å². The number of para-hydroxylation sites is 1. The lowest BCUT2D eigenvalue weighted by Crippen LogP contribution is -2.23. The van der Waals surface area contributed by atoms with Gasteiger partial charge in [0.2, 0.25) is 5.88 Å². The number of halogens is 1. The van der Waals surface area contributed by atoms with Gasteiger partial charge in [-0.2, -0.15) is 0 Å². The molecule has 0 saturated heterocycles. The van der Waals surface area contributed by atoms with Crippen LogP contribution in [0.3, 0.4) is 0 Å². The number of benzene rings is 1. The number of methoxy groups -OCH3 is 1. The van der Waals surface area contributed by atoms with Crippen LogP contribution in [0.5, 0.6) is 5.88 Å². The monoisotopic (exact) mass is 482 g/mol. The van der Waals surface area contributed by atoms with Crippen LogP contribution in [0.4, 0.5) is 5.69 Å². The van der Waals surface area contributed by atoms with E-state index in [1.54, 1.807) is 13.3 Å². The minimum absolute atomic E-state index is 0. The van der Waals surface area contributed by atoms with Gasteiger partial charge in [-0.1, -0.05) is 24.3 Å². The molecule has 1 aliphatic carbocycles. The normalized spacial score (nSPS) is 14.6. The highest BCUT2D eigenvalue weighted by molar-refractivity contribution is 14.0. The van der Waals surface area contributed by atoms with Gasteiger partial charge in [0, 0.05) is 30.1 Å². The molecule has 0 radical (unpaired) electrons. The van der Waals surface area contributed by atoms with E-state index in [0.717, 1.165) is 29.7 Å². The van der Waals surface area contributed by atoms with E-state index in [-0.39, 0.29) is 30.1 Å². The summed E-state index contributed by atoms with van der Waals surface area (Å²) in [5, 5.41) is 3.14. The number of nitrogens with zero attached hydrogens (tertiary/aromatic N) is 2. The molecule has 1 aromatic heterocycles. The van der Waals surface area contributed by atoms with Crippen molar-refractivity contribution in [3.05, 3.63) is 53.7 Å². The van der Waals surface area contributed by atoms with Crippen LogP contribution >= 0.6 is 24.0 Å². The number of guanidine groups is 1. The lowest BCUT2D eigenvalue weighted by atomic mass is 10.2. The third-order valence-corrected chi connectivity index (χ3v) is 4.43. The lowest BCUT2D eigenvalue weighted by molar-refractivity contribution is 0.185. The number of anilines is 1. The Balaban J connectivity index is 0.00000261. The fourth-order valence-electron chi connectivity index (χ4n) is 3.09. The molecule has 1 aromatic carbocycles. The van der Waals surface area contributed by atoms with Crippen LogP contribution in [-0.4, -0.2) is 24.2 Å². The molecule has 1 heterocycles. The molecular formula is C20H27IN4O2. The first-order chi connectivity index (χ1) is 12.8. The van der Waals surface area contributed by atoms with Crippen molar-refractivity contribution in [1.82, 2.24) is 4.98 Å². The second-order valence-electron chi connectivity index (χ2n) is 6.41. The molecule has 6 nitrogen and oxygen atoms in total. The summed E-state index contributed by atoms with van der Waals surface area (Å²) in [5.41, 5.74) is 8.93. The van der Waals surface area contributed by atoms with E-state index >= 15 is 0 Å². The molecule has 0 unspecified atom stereocenters. The van der Waals surface area contributed by atoms with Crippen LogP contribution in [0.1, 0.15) is 36.8 Å². The van der Waals surface area contributed by atoms with Crippen LogP contribution in [0.15, 0.2) is 47.6 Å². The molecule has 0 spiro atoms. The lowest BCUT2D eigenvalue weighted by Gasteiger charge is -2.15. The van der Waals surface area contributed by atoms with Crippen molar-refractivity contribution >= 4 is 35.6 Å². The maximum Gasteiger partial charge on any atom is 0.218 e. The highest BCUT2D eigenvalue weighted by atomic mass is 127. The van der Waals surface area contributed by atoms with Crippen molar-refractivity contribution in [2.24, 2.45) is 10.7 Å². The first-order valence-corrected chi connectivity index (χ1v) is 9.00. The number of ether oxygens (including phenoxy) is 2. The number of aromatic nitrogens is 1. The molecule has 146 valence electrons. The summed E-state index contributed by atoms with van der Waals surface area (Å²) in [4.78, 5) is 8.82. The molecule has 0 bridgehead atoms. The molecule has 7 heteroatoms. The number of rotatable bonds is 7. The Morgan fingerprint density at radius 2 is 1.93 bits per heavy atom. The molecule has 0 atom stereocenters. The summed E-state index contributed by atoms with van der Waals surface area (Å²) in [6, 6.07) is 11.7. The standard InChI is InChI=1S/C20H26N4O2.HI/c1-25-14-16-7-2-5-11-18(16)24-20(21)23-13-15-8-6-12-22-19(15)26-17-9-3-4-10-17;/h2,5-8,11-12,17H,3-4,9-10,13-14H2,1H3,(H3,21,23,24);1H. The van der Waals surface area contributed by atoms with Crippen LogP contribution in [0, 0.1) is 0 Å². The van der Waals surface area contributed by atoms with Gasteiger partial charge < -0.3 is 20.5 Å². The van der Waals surface area contributed by atoms with Gasteiger partial charge >= 0.3 is 0 Å². The van der Waals surface area contributed by atoms with Crippen molar-refractivity contribution in [3.63, 3.8) is 0 Å². The highest BCUT2D eigenvalue weighted by Crippen LogP contribution is 2.25. The van der Waals surface area contributed by atoms with Crippen LogP contribution in [0.2, 0.25) is 0 Å². The predicted octanol–water partition coefficient (Wildman–Crippen LogP) is 4.09. The average Bonchev–Trinajstić information content (AvgIpc) is 3.16. The summed E-state index contributed by atoms with van der Waals surface area (Å²) < 4.78 is 11.3. The zero-order valence-corrected chi connectivity index (χ0v) is 17.9. The molecule has 3 N–H and O–H groups in total. The van der Waals surface area contributed by atoms with E-state index in [1.165, 1.54) is 12.8 Å². The van der Waals surface area contributed by atoms with Gasteiger partial charge in [-0.25, -0.2) is 9.98 Å². The minimum Gasteiger partial charge on any atom is -0.474 e. The molecule has 3 rings (SSSR count). The highest BCUT2D eigenvalue weighted by Gasteiger charge is 2.18. The third kappa shape index (κ3) is 6.35. The Bertz CT molecular complexity index is 748. The molecule has 1 aliphatic rings. The molecule has 27 heavy (non-hydrogen) atoms. The third-order valence-electron chi connectivity index (χ3n) is 4.43. The summed E-state index contributed by atoms with van der Waals surface area (Å²) in [6.07, 6.45) is 6.66. The zero-order valence-electron chi connectivity index (χ0n) is 15.6. The van der Waals surface area contributed by atoms with Gasteiger partial charge in [0.1, 0.15) is 6.10 Å². The van der Waals surface area contributed by atoms with E-state index in [4.69, 9.17) is 15.2 Å². The van der Waals surface area contributed by atoms with E-state index < -0.39 is 0 Å². The van der Waals surface area contributed by atoms with Crippen molar-refractivity contribution < 1.29 is 9.47 Å². The van der Waals surface area contributed by atoms with E-state index in [0.29, 0.717) is 25.0 Å². The number of pyridine rings is 1. The van der Waals surface area contributed by atoms with Gasteiger partial charge in [0.15, 0.2) is 5.96 Å². The van der Waals surface area contributed by atoms with Crippen LogP contribution in [-0.2, 0) is 17.9 Å². The van der Waals surface area contributed by atoms with Gasteiger partial charge in [0.05, 0.1) is 13.2 Å². The second kappa shape index (κ2) is 11.1. The Morgan fingerprint density at radius 3 is 2.70 bits per heavy atom. The Morgan fingerprint density at radius 1 is 1.19 bits per heavy atom. The largest absolute Gasteiger partial charge is 0.474 e. The number of nitrogens with two attached hydrogens (primary N) is 1. The summed E-state index contributed by atoms with van der Waals surface area (Å²) in [5.74, 6) is 1.01. The Kier molecular flexibility index (Phi) is 8.80. The van der Waals surface area contributed by atoms with Gasteiger partial charge in [-0.15, -0.1) is 24.0 Å². The first-order valence-electron chi connectivity index (χ1n) is 9.00. The maximum atomic E-state index is 6.07. The smallest absolute Gasteiger partial charge is 0.218 e. The maximum absolute atomic E-state index is 6.07. The molecular weight excluding hydrogens is 455 g/mol. The van der Waals surface area contributed by atoms with Crippen molar-refractivity contribution in [3.8, 4) is 5.88 Å². The topological polar surface area (TPSA) is 81.8 Å². The fraction of sp³-hybridized carbons (Fsp3) is 0.400. The summed E-state index contributed by atoms with van der Waals surface area (Å²) in [6.45, 7) is 0.930. The van der Waals surface area contributed by atoms with Crippen molar-refractivity contribution in [1.29, 1.82) is 0 Å². The number of hydrogen-bond acceptors (Lipinski definition) is 4. The fourth-order valence-corrected chi connectivity index (χ4v) is 3.09. The van der Waals surface area contributed by atoms with E-state index in [9.17, 15) is 0 Å². The summed E-state index contributed by atoms with van der Waals surface area (Å²) in [7, 11) is 1.67. The number of nitrogens with one attached hydrogen (secondary N) is 1. The summed E-state index contributed by atoms with van der Waals surface area (Å²) >= 11 is 0. The quantitative estimate of drug-likeness (QED) is 0.353. The van der Waals surface area contributed by atoms with Gasteiger partial charge in [-0.05, 0) is 37.8 Å². The second-order valence-corrected chi connectivity index (χ2v) is 6.41. The minimum atomic E-state index is 0. The predicted molar refractivity (Wildman–Crippen MR) is 119 cm³/mol. The molecule has 0 amide bonds. The first kappa shape index (κ1) is 21.4. The molecule has 2 aromatic rings. The number of hydrogen-bond donors (Lipinski definition) is 2. The molecule has 1 saturated carbocycles. The molecule has 1 fully saturated rings. The average molecular weight is 482 g/mol. The van der Waals surface area contributed by atoms with Crippen molar-refractivity contribution in [2.75, 3.05) is 12.4 Å². The van der Waals surface area contributed by atoms with E-state index in [1.807, 2.05) is 36.4 Å². The van der Waals surface area contributed by atoms with E-state index in [2.05, 4.69) is 15.3 Å². The van der Waals surface area contributed by atoms with Crippen LogP contribution in [0.25, 0.3) is 0 Å². The van der Waals surface area contributed by atoms with Gasteiger partial charge in [-0.3, -0.25) is 0 Å². The van der Waals surface area contributed by atoms with Crippen molar-refractivity contribution in [2.45, 2.75) is 44.9 Å². The Labute approximate surface area is 177 Å². The number of aliphatic imine (C=N–C) groups is 1. The zero-order chi connectivity index (χ0) is 18.2. The Hall–Kier alpha value is -1.87. The molecule has 0 aliphatic heterocycles.